The lowest BCUT2D eigenvalue weighted by Crippen LogP contribution is -2.32. The molecule has 0 atom stereocenters. The van der Waals surface area contributed by atoms with Crippen molar-refractivity contribution in [3.05, 3.63) is 65.2 Å². The second-order valence-corrected chi connectivity index (χ2v) is 7.22. The van der Waals surface area contributed by atoms with Gasteiger partial charge in [0, 0.05) is 30.6 Å². The maximum Gasteiger partial charge on any atom is 0.135 e. The molecule has 4 rings (SSSR count). The topological polar surface area (TPSA) is 29.5 Å². The van der Waals surface area contributed by atoms with E-state index in [1.165, 1.54) is 22.3 Å². The summed E-state index contributed by atoms with van der Waals surface area (Å²) in [6.07, 6.45) is 3.83. The van der Waals surface area contributed by atoms with E-state index in [1.807, 2.05) is 12.1 Å². The fourth-order valence-corrected chi connectivity index (χ4v) is 4.02. The van der Waals surface area contributed by atoms with Gasteiger partial charge in [0.1, 0.15) is 17.3 Å². The van der Waals surface area contributed by atoms with Crippen LogP contribution in [-0.2, 0) is 4.79 Å². The second kappa shape index (κ2) is 7.46. The number of hydrogen-bond donors (Lipinski definition) is 0. The molecule has 2 heterocycles. The van der Waals surface area contributed by atoms with E-state index in [9.17, 15) is 4.79 Å². The van der Waals surface area contributed by atoms with Crippen LogP contribution in [-0.4, -0.2) is 30.3 Å². The summed E-state index contributed by atoms with van der Waals surface area (Å²) in [5, 5.41) is 0. The van der Waals surface area contributed by atoms with Gasteiger partial charge in [0.2, 0.25) is 0 Å². The summed E-state index contributed by atoms with van der Waals surface area (Å²) < 4.78 is 6.12. The summed E-state index contributed by atoms with van der Waals surface area (Å²) in [4.78, 5) is 13.6. The number of para-hydroxylation sites is 2. The summed E-state index contributed by atoms with van der Waals surface area (Å²) in [6.45, 7) is 4.85. The SMILES string of the molecule is CC(=O)CCCN1CCC(=C2c3ccccc3Oc3ccccc32)CC1. The number of piperidine rings is 1. The van der Waals surface area contributed by atoms with Crippen LogP contribution in [0.4, 0.5) is 0 Å². The van der Waals surface area contributed by atoms with Gasteiger partial charge in [0.15, 0.2) is 0 Å². The summed E-state index contributed by atoms with van der Waals surface area (Å²) in [5.41, 5.74) is 5.32. The number of fused-ring (bicyclic) bond motifs is 2. The van der Waals surface area contributed by atoms with Gasteiger partial charge in [-0.3, -0.25) is 0 Å². The zero-order valence-electron chi connectivity index (χ0n) is 15.3. The number of rotatable bonds is 4. The minimum absolute atomic E-state index is 0.292. The zero-order valence-corrected chi connectivity index (χ0v) is 15.3. The maximum atomic E-state index is 11.1. The van der Waals surface area contributed by atoms with Crippen molar-refractivity contribution in [1.29, 1.82) is 0 Å². The molecule has 2 aliphatic heterocycles. The zero-order chi connectivity index (χ0) is 17.9. The first kappa shape index (κ1) is 17.0. The van der Waals surface area contributed by atoms with Crippen molar-refractivity contribution in [2.24, 2.45) is 0 Å². The first-order valence-electron chi connectivity index (χ1n) is 9.53. The van der Waals surface area contributed by atoms with Crippen molar-refractivity contribution in [1.82, 2.24) is 4.90 Å². The van der Waals surface area contributed by atoms with Crippen molar-refractivity contribution >= 4 is 11.4 Å². The molecule has 0 radical (unpaired) electrons. The molecular weight excluding hydrogens is 322 g/mol. The van der Waals surface area contributed by atoms with Crippen molar-refractivity contribution in [2.45, 2.75) is 32.6 Å². The van der Waals surface area contributed by atoms with E-state index < -0.39 is 0 Å². The maximum absolute atomic E-state index is 11.1. The van der Waals surface area contributed by atoms with Gasteiger partial charge in [-0.15, -0.1) is 0 Å². The molecule has 1 fully saturated rings. The number of Topliss-reactive ketones (excluding diaryl/α,β-unsaturated/α-hetero) is 1. The summed E-state index contributed by atoms with van der Waals surface area (Å²) in [6, 6.07) is 16.7. The highest BCUT2D eigenvalue weighted by Crippen LogP contribution is 2.46. The van der Waals surface area contributed by atoms with E-state index in [0.717, 1.165) is 50.4 Å². The minimum atomic E-state index is 0.292. The molecule has 1 saturated heterocycles. The van der Waals surface area contributed by atoms with Crippen LogP contribution in [0, 0.1) is 0 Å². The van der Waals surface area contributed by atoms with Crippen LogP contribution in [0.2, 0.25) is 0 Å². The van der Waals surface area contributed by atoms with Crippen LogP contribution in [0.15, 0.2) is 54.1 Å². The fourth-order valence-electron chi connectivity index (χ4n) is 4.02. The van der Waals surface area contributed by atoms with Crippen LogP contribution in [0.3, 0.4) is 0 Å². The Morgan fingerprint density at radius 3 is 2.12 bits per heavy atom. The van der Waals surface area contributed by atoms with Crippen molar-refractivity contribution < 1.29 is 9.53 Å². The highest BCUT2D eigenvalue weighted by Gasteiger charge is 2.26. The molecule has 0 unspecified atom stereocenters. The standard InChI is InChI=1S/C23H25NO2/c1-17(25)7-6-14-24-15-12-18(13-16-24)23-19-8-2-4-10-21(19)26-22-11-5-3-9-20(22)23/h2-5,8-11H,6-7,12-16H2,1H3. The number of hydrogen-bond acceptors (Lipinski definition) is 3. The van der Waals surface area contributed by atoms with Crippen LogP contribution in [0.1, 0.15) is 43.7 Å². The molecule has 3 nitrogen and oxygen atoms in total. The lowest BCUT2D eigenvalue weighted by Gasteiger charge is -2.32. The van der Waals surface area contributed by atoms with Gasteiger partial charge in [0.05, 0.1) is 0 Å². The Kier molecular flexibility index (Phi) is 4.89. The molecule has 0 aliphatic carbocycles. The Hall–Kier alpha value is -2.39. The van der Waals surface area contributed by atoms with Gasteiger partial charge in [-0.25, -0.2) is 0 Å². The average Bonchev–Trinajstić information content (AvgIpc) is 2.66. The molecule has 2 aliphatic rings. The van der Waals surface area contributed by atoms with Gasteiger partial charge in [0.25, 0.3) is 0 Å². The van der Waals surface area contributed by atoms with Crippen molar-refractivity contribution in [2.75, 3.05) is 19.6 Å². The van der Waals surface area contributed by atoms with Crippen LogP contribution in [0.25, 0.3) is 5.57 Å². The predicted octanol–water partition coefficient (Wildman–Crippen LogP) is 5.06. The number of likely N-dealkylation sites (tertiary alicyclic amines) is 1. The van der Waals surface area contributed by atoms with Gasteiger partial charge in [-0.1, -0.05) is 42.0 Å². The highest BCUT2D eigenvalue weighted by molar-refractivity contribution is 5.89. The van der Waals surface area contributed by atoms with E-state index in [-0.39, 0.29) is 0 Å². The van der Waals surface area contributed by atoms with Gasteiger partial charge < -0.3 is 14.4 Å². The molecule has 2 aromatic carbocycles. The molecule has 0 N–H and O–H groups in total. The summed E-state index contributed by atoms with van der Waals surface area (Å²) in [5.74, 6) is 2.20. The molecule has 0 bridgehead atoms. The normalized spacial score (nSPS) is 16.7. The first-order valence-corrected chi connectivity index (χ1v) is 9.53. The summed E-state index contributed by atoms with van der Waals surface area (Å²) in [7, 11) is 0. The molecule has 2 aromatic rings. The quantitative estimate of drug-likeness (QED) is 0.661. The predicted molar refractivity (Wildman–Crippen MR) is 105 cm³/mol. The molecule has 134 valence electrons. The average molecular weight is 347 g/mol. The Labute approximate surface area is 155 Å². The largest absolute Gasteiger partial charge is 0.456 e. The number of carbonyl (C=O) groups excluding carboxylic acids is 1. The Morgan fingerprint density at radius 2 is 1.54 bits per heavy atom. The summed E-state index contributed by atoms with van der Waals surface area (Å²) >= 11 is 0. The van der Waals surface area contributed by atoms with Crippen molar-refractivity contribution in [3.63, 3.8) is 0 Å². The highest BCUT2D eigenvalue weighted by atomic mass is 16.5. The molecule has 3 heteroatoms. The molecular formula is C23H25NO2. The monoisotopic (exact) mass is 347 g/mol. The third-order valence-electron chi connectivity index (χ3n) is 5.35. The fraction of sp³-hybridized carbons (Fsp3) is 0.348. The van der Waals surface area contributed by atoms with E-state index in [1.54, 1.807) is 6.92 Å². The first-order chi connectivity index (χ1) is 12.7. The van der Waals surface area contributed by atoms with Gasteiger partial charge in [-0.05, 0) is 50.4 Å². The lowest BCUT2D eigenvalue weighted by atomic mass is 9.86. The van der Waals surface area contributed by atoms with E-state index in [4.69, 9.17) is 4.74 Å². The molecule has 0 amide bonds. The van der Waals surface area contributed by atoms with E-state index >= 15 is 0 Å². The van der Waals surface area contributed by atoms with Crippen LogP contribution in [0.5, 0.6) is 11.5 Å². The third-order valence-corrected chi connectivity index (χ3v) is 5.35. The number of nitrogens with zero attached hydrogens (tertiary/aromatic N) is 1. The van der Waals surface area contributed by atoms with Gasteiger partial charge in [-0.2, -0.15) is 0 Å². The van der Waals surface area contributed by atoms with Crippen molar-refractivity contribution in [3.8, 4) is 11.5 Å². The minimum Gasteiger partial charge on any atom is -0.456 e. The third kappa shape index (κ3) is 3.45. The number of benzene rings is 2. The van der Waals surface area contributed by atoms with Crippen LogP contribution >= 0.6 is 0 Å². The van der Waals surface area contributed by atoms with E-state index in [2.05, 4.69) is 41.3 Å². The number of carbonyl (C=O) groups is 1. The molecule has 0 spiro atoms. The lowest BCUT2D eigenvalue weighted by molar-refractivity contribution is -0.117. The van der Waals surface area contributed by atoms with E-state index in [0.29, 0.717) is 12.2 Å². The Bertz CT molecular complexity index is 795. The molecule has 26 heavy (non-hydrogen) atoms. The number of ketones is 1. The van der Waals surface area contributed by atoms with Crippen LogP contribution < -0.4 is 4.74 Å². The second-order valence-electron chi connectivity index (χ2n) is 7.22. The molecule has 0 saturated carbocycles. The van der Waals surface area contributed by atoms with Gasteiger partial charge >= 0.3 is 0 Å². The Morgan fingerprint density at radius 1 is 0.962 bits per heavy atom. The Balaban J connectivity index is 1.59. The molecule has 0 aromatic heterocycles. The smallest absolute Gasteiger partial charge is 0.135 e. The number of ether oxygens (including phenoxy) is 1.